The van der Waals surface area contributed by atoms with Crippen LogP contribution >= 0.6 is 0 Å². The van der Waals surface area contributed by atoms with Crippen molar-refractivity contribution in [2.75, 3.05) is 0 Å². The van der Waals surface area contributed by atoms with Crippen LogP contribution in [0, 0.1) is 0 Å². The Kier molecular flexibility index (Phi) is 3.25. The Balaban J connectivity index is 1.50. The summed E-state index contributed by atoms with van der Waals surface area (Å²) >= 11 is 0. The minimum absolute atomic E-state index is 0.878. The molecule has 0 saturated carbocycles. The molecule has 36 heavy (non-hydrogen) atoms. The zero-order valence-corrected chi connectivity index (χ0v) is 19.1. The van der Waals surface area contributed by atoms with E-state index in [4.69, 9.17) is 14.4 Å². The molecule has 0 amide bonds. The first-order valence-electron chi connectivity index (χ1n) is 12.1. The standard InChI is InChI=1S/C32H17N3O/c1-2-8-18(9-3-1)19-14-15-21-26(16-19)36-27-17-22-30-32(34-24-12-6-5-11-23(24)33-30)35-25-13-7-4-10-20(25)29(28(21)27)31(22)35/h1-17H. The summed E-state index contributed by atoms with van der Waals surface area (Å²) in [4.78, 5) is 10.1. The van der Waals surface area contributed by atoms with Crippen LogP contribution in [-0.4, -0.2) is 14.4 Å². The van der Waals surface area contributed by atoms with Gasteiger partial charge in [-0.05, 0) is 47.5 Å². The van der Waals surface area contributed by atoms with Crippen LogP contribution in [-0.2, 0) is 0 Å². The molecule has 0 saturated heterocycles. The van der Waals surface area contributed by atoms with E-state index >= 15 is 0 Å². The zero-order valence-electron chi connectivity index (χ0n) is 19.1. The molecule has 0 bridgehead atoms. The monoisotopic (exact) mass is 459 g/mol. The SMILES string of the molecule is c1ccc(-c2ccc3c(c2)oc2cc4c5nc6ccccc6nc5n5c6ccccc6c(c23)c45)cc1. The van der Waals surface area contributed by atoms with E-state index in [0.717, 1.165) is 66.1 Å². The number of rotatable bonds is 1. The van der Waals surface area contributed by atoms with E-state index in [1.165, 1.54) is 16.3 Å². The van der Waals surface area contributed by atoms with Crippen LogP contribution in [0.2, 0.25) is 0 Å². The van der Waals surface area contributed by atoms with Gasteiger partial charge in [-0.3, -0.25) is 4.40 Å². The number of hydrogen-bond acceptors (Lipinski definition) is 3. The maximum absolute atomic E-state index is 6.55. The number of para-hydroxylation sites is 3. The number of furan rings is 1. The molecular weight excluding hydrogens is 442 g/mol. The largest absolute Gasteiger partial charge is 0.456 e. The number of nitrogens with zero attached hydrogens (tertiary/aromatic N) is 3. The third-order valence-electron chi connectivity index (χ3n) is 7.50. The van der Waals surface area contributed by atoms with Gasteiger partial charge in [0.2, 0.25) is 0 Å². The first kappa shape index (κ1) is 18.4. The Labute approximate surface area is 204 Å². The molecule has 5 aromatic carbocycles. The van der Waals surface area contributed by atoms with Crippen LogP contribution in [0.5, 0.6) is 0 Å². The molecule has 0 fully saturated rings. The molecule has 0 atom stereocenters. The lowest BCUT2D eigenvalue weighted by Crippen LogP contribution is -1.88. The number of aromatic nitrogens is 3. The molecule has 0 N–H and O–H groups in total. The maximum atomic E-state index is 6.55. The molecule has 0 spiro atoms. The van der Waals surface area contributed by atoms with Gasteiger partial charge in [0.15, 0.2) is 5.65 Å². The van der Waals surface area contributed by atoms with Gasteiger partial charge in [0.25, 0.3) is 0 Å². The second-order valence-corrected chi connectivity index (χ2v) is 9.44. The molecule has 4 nitrogen and oxygen atoms in total. The lowest BCUT2D eigenvalue weighted by Gasteiger charge is -2.01. The predicted octanol–water partition coefficient (Wildman–Crippen LogP) is 8.35. The second kappa shape index (κ2) is 6.37. The molecule has 9 rings (SSSR count). The fourth-order valence-corrected chi connectivity index (χ4v) is 5.96. The summed E-state index contributed by atoms with van der Waals surface area (Å²) in [5, 5.41) is 5.75. The Morgan fingerprint density at radius 1 is 0.556 bits per heavy atom. The van der Waals surface area contributed by atoms with Gasteiger partial charge in [-0.1, -0.05) is 66.7 Å². The van der Waals surface area contributed by atoms with Crippen molar-refractivity contribution in [3.8, 4) is 11.1 Å². The lowest BCUT2D eigenvalue weighted by atomic mass is 10.0. The number of hydrogen-bond donors (Lipinski definition) is 0. The minimum Gasteiger partial charge on any atom is -0.456 e. The maximum Gasteiger partial charge on any atom is 0.165 e. The van der Waals surface area contributed by atoms with E-state index in [1.807, 2.05) is 30.3 Å². The second-order valence-electron chi connectivity index (χ2n) is 9.44. The van der Waals surface area contributed by atoms with Gasteiger partial charge < -0.3 is 4.42 Å². The van der Waals surface area contributed by atoms with Crippen molar-refractivity contribution in [2.45, 2.75) is 0 Å². The molecular formula is C32H17N3O. The molecule has 9 aromatic rings. The number of fused-ring (bicyclic) bond motifs is 11. The van der Waals surface area contributed by atoms with E-state index < -0.39 is 0 Å². The average molecular weight is 460 g/mol. The van der Waals surface area contributed by atoms with Crippen LogP contribution in [0.1, 0.15) is 0 Å². The van der Waals surface area contributed by atoms with Crippen LogP contribution in [0.3, 0.4) is 0 Å². The first-order valence-corrected chi connectivity index (χ1v) is 12.1. The van der Waals surface area contributed by atoms with Crippen LogP contribution in [0.25, 0.3) is 82.5 Å². The van der Waals surface area contributed by atoms with Crippen LogP contribution in [0.4, 0.5) is 0 Å². The fourth-order valence-electron chi connectivity index (χ4n) is 5.96. The summed E-state index contributed by atoms with van der Waals surface area (Å²) in [6, 6.07) is 35.8. The van der Waals surface area contributed by atoms with Crippen LogP contribution in [0.15, 0.2) is 108 Å². The summed E-state index contributed by atoms with van der Waals surface area (Å²) in [6.45, 7) is 0. The highest BCUT2D eigenvalue weighted by Gasteiger charge is 2.24. The van der Waals surface area contributed by atoms with E-state index in [0.29, 0.717) is 0 Å². The van der Waals surface area contributed by atoms with Gasteiger partial charge in [-0.15, -0.1) is 0 Å². The highest BCUT2D eigenvalue weighted by molar-refractivity contribution is 6.34. The summed E-state index contributed by atoms with van der Waals surface area (Å²) in [5.74, 6) is 0. The van der Waals surface area contributed by atoms with Gasteiger partial charge in [0.1, 0.15) is 16.7 Å². The molecule has 166 valence electrons. The highest BCUT2D eigenvalue weighted by Crippen LogP contribution is 2.45. The molecule has 4 heterocycles. The molecule has 0 unspecified atom stereocenters. The van der Waals surface area contributed by atoms with Crippen LogP contribution < -0.4 is 0 Å². The molecule has 0 aliphatic rings. The van der Waals surface area contributed by atoms with E-state index in [1.54, 1.807) is 0 Å². The van der Waals surface area contributed by atoms with Gasteiger partial charge in [-0.25, -0.2) is 9.97 Å². The fraction of sp³-hybridized carbons (Fsp3) is 0. The number of benzene rings is 5. The smallest absolute Gasteiger partial charge is 0.165 e. The van der Waals surface area contributed by atoms with Crippen molar-refractivity contribution < 1.29 is 4.42 Å². The topological polar surface area (TPSA) is 43.3 Å². The third-order valence-corrected chi connectivity index (χ3v) is 7.50. The summed E-state index contributed by atoms with van der Waals surface area (Å²) in [5.41, 5.74) is 9.99. The van der Waals surface area contributed by atoms with Gasteiger partial charge in [-0.2, -0.15) is 0 Å². The lowest BCUT2D eigenvalue weighted by molar-refractivity contribution is 0.670. The Morgan fingerprint density at radius 3 is 2.22 bits per heavy atom. The Hall–Kier alpha value is -4.96. The predicted molar refractivity (Wildman–Crippen MR) is 147 cm³/mol. The average Bonchev–Trinajstić information content (AvgIpc) is 3.57. The van der Waals surface area contributed by atoms with E-state index in [2.05, 4.69) is 77.2 Å². The van der Waals surface area contributed by atoms with Gasteiger partial charge >= 0.3 is 0 Å². The Bertz CT molecular complexity index is 2310. The van der Waals surface area contributed by atoms with Crippen molar-refractivity contribution in [1.29, 1.82) is 0 Å². The van der Waals surface area contributed by atoms with Gasteiger partial charge in [0.05, 0.1) is 22.1 Å². The molecule has 4 aromatic heterocycles. The first-order chi connectivity index (χ1) is 17.8. The normalized spacial score (nSPS) is 12.4. The molecule has 0 aliphatic carbocycles. The van der Waals surface area contributed by atoms with Crippen molar-refractivity contribution in [3.63, 3.8) is 0 Å². The zero-order chi connectivity index (χ0) is 23.4. The molecule has 0 radical (unpaired) electrons. The molecule has 4 heteroatoms. The van der Waals surface area contributed by atoms with Crippen molar-refractivity contribution in [3.05, 3.63) is 103 Å². The Morgan fingerprint density at radius 2 is 1.33 bits per heavy atom. The van der Waals surface area contributed by atoms with Gasteiger partial charge in [0, 0.05) is 26.9 Å². The molecule has 0 aliphatic heterocycles. The van der Waals surface area contributed by atoms with Crippen molar-refractivity contribution >= 4 is 71.3 Å². The summed E-state index contributed by atoms with van der Waals surface area (Å²) in [7, 11) is 0. The highest BCUT2D eigenvalue weighted by atomic mass is 16.3. The van der Waals surface area contributed by atoms with Crippen molar-refractivity contribution in [2.24, 2.45) is 0 Å². The summed E-state index contributed by atoms with van der Waals surface area (Å²) in [6.07, 6.45) is 0. The van der Waals surface area contributed by atoms with E-state index in [-0.39, 0.29) is 0 Å². The van der Waals surface area contributed by atoms with Crippen molar-refractivity contribution in [1.82, 2.24) is 14.4 Å². The quantitative estimate of drug-likeness (QED) is 0.248. The third kappa shape index (κ3) is 2.19. The summed E-state index contributed by atoms with van der Waals surface area (Å²) < 4.78 is 8.83. The van der Waals surface area contributed by atoms with E-state index in [9.17, 15) is 0 Å². The minimum atomic E-state index is 0.878.